The SMILES string of the molecule is CCCNCc1cc(S(=O)(=O)NCc2nn[nH]n2)c(C)s1. The predicted molar refractivity (Wildman–Crippen MR) is 79.3 cm³/mol. The van der Waals surface area contributed by atoms with Crippen LogP contribution < -0.4 is 10.0 Å². The lowest BCUT2D eigenvalue weighted by Crippen LogP contribution is -2.24. The van der Waals surface area contributed by atoms with Gasteiger partial charge in [0.15, 0.2) is 5.82 Å². The highest BCUT2D eigenvalue weighted by atomic mass is 32.2. The Morgan fingerprint density at radius 1 is 1.38 bits per heavy atom. The Morgan fingerprint density at radius 2 is 2.19 bits per heavy atom. The Morgan fingerprint density at radius 3 is 2.86 bits per heavy atom. The lowest BCUT2D eigenvalue weighted by atomic mass is 10.4. The number of hydrogen-bond donors (Lipinski definition) is 3. The molecule has 2 heterocycles. The van der Waals surface area contributed by atoms with E-state index < -0.39 is 10.0 Å². The summed E-state index contributed by atoms with van der Waals surface area (Å²) in [6, 6.07) is 1.71. The number of rotatable bonds is 8. The number of sulfonamides is 1. The van der Waals surface area contributed by atoms with E-state index in [-0.39, 0.29) is 6.54 Å². The first-order chi connectivity index (χ1) is 10.0. The van der Waals surface area contributed by atoms with Crippen LogP contribution >= 0.6 is 11.3 Å². The zero-order chi connectivity index (χ0) is 15.3. The second kappa shape index (κ2) is 7.07. The molecule has 0 radical (unpaired) electrons. The fourth-order valence-electron chi connectivity index (χ4n) is 1.76. The average molecular weight is 330 g/mol. The number of H-pyrrole nitrogens is 1. The van der Waals surface area contributed by atoms with Crippen LogP contribution in [-0.4, -0.2) is 35.6 Å². The third-order valence-electron chi connectivity index (χ3n) is 2.75. The van der Waals surface area contributed by atoms with E-state index in [0.29, 0.717) is 17.3 Å². The number of hydrogen-bond acceptors (Lipinski definition) is 7. The van der Waals surface area contributed by atoms with E-state index in [0.717, 1.165) is 22.7 Å². The summed E-state index contributed by atoms with van der Waals surface area (Å²) in [6.07, 6.45) is 1.04. The summed E-state index contributed by atoms with van der Waals surface area (Å²) >= 11 is 1.48. The van der Waals surface area contributed by atoms with Crippen LogP contribution in [0.25, 0.3) is 0 Å². The minimum Gasteiger partial charge on any atom is -0.312 e. The quantitative estimate of drug-likeness (QED) is 0.609. The topological polar surface area (TPSA) is 113 Å². The first-order valence-electron chi connectivity index (χ1n) is 6.55. The van der Waals surface area contributed by atoms with Gasteiger partial charge in [-0.15, -0.1) is 21.5 Å². The fraction of sp³-hybridized carbons (Fsp3) is 0.545. The van der Waals surface area contributed by atoms with Crippen molar-refractivity contribution in [3.05, 3.63) is 21.6 Å². The van der Waals surface area contributed by atoms with Gasteiger partial charge in [0.25, 0.3) is 0 Å². The van der Waals surface area contributed by atoms with Crippen LogP contribution in [0, 0.1) is 6.92 Å². The smallest absolute Gasteiger partial charge is 0.242 e. The second-order valence-corrected chi connectivity index (χ2v) is 7.54. The molecule has 21 heavy (non-hydrogen) atoms. The van der Waals surface area contributed by atoms with E-state index in [4.69, 9.17) is 0 Å². The van der Waals surface area contributed by atoms with E-state index in [2.05, 4.69) is 37.6 Å². The summed E-state index contributed by atoms with van der Waals surface area (Å²) in [7, 11) is -3.57. The van der Waals surface area contributed by atoms with Gasteiger partial charge in [-0.05, 0) is 26.0 Å². The van der Waals surface area contributed by atoms with Crippen LogP contribution in [0.2, 0.25) is 0 Å². The summed E-state index contributed by atoms with van der Waals surface area (Å²) < 4.78 is 27.0. The fourth-order valence-corrected chi connectivity index (χ4v) is 4.34. The normalized spacial score (nSPS) is 11.9. The Kier molecular flexibility index (Phi) is 5.39. The maximum absolute atomic E-state index is 12.3. The van der Waals surface area contributed by atoms with Crippen LogP contribution in [0.15, 0.2) is 11.0 Å². The molecule has 116 valence electrons. The molecule has 0 unspecified atom stereocenters. The number of tetrazole rings is 1. The van der Waals surface area contributed by atoms with E-state index in [1.807, 2.05) is 0 Å². The van der Waals surface area contributed by atoms with Crippen LogP contribution in [-0.2, 0) is 23.1 Å². The number of aryl methyl sites for hydroxylation is 1. The molecule has 0 aliphatic heterocycles. The monoisotopic (exact) mass is 330 g/mol. The highest BCUT2D eigenvalue weighted by Gasteiger charge is 2.20. The van der Waals surface area contributed by atoms with Gasteiger partial charge >= 0.3 is 0 Å². The summed E-state index contributed by atoms with van der Waals surface area (Å²) in [6.45, 7) is 5.49. The molecule has 0 amide bonds. The van der Waals surface area contributed by atoms with Crippen molar-refractivity contribution < 1.29 is 8.42 Å². The Bertz CT molecular complexity index is 665. The summed E-state index contributed by atoms with van der Waals surface area (Å²) in [5.41, 5.74) is 0. The van der Waals surface area contributed by atoms with Gasteiger partial charge in [0.05, 0.1) is 11.4 Å². The van der Waals surface area contributed by atoms with Gasteiger partial charge < -0.3 is 5.32 Å². The summed E-state index contributed by atoms with van der Waals surface area (Å²) in [4.78, 5) is 2.08. The van der Waals surface area contributed by atoms with E-state index in [1.165, 1.54) is 11.3 Å². The molecular formula is C11H18N6O2S2. The molecule has 0 saturated heterocycles. The third kappa shape index (κ3) is 4.30. The minimum atomic E-state index is -3.57. The first kappa shape index (κ1) is 16.0. The van der Waals surface area contributed by atoms with E-state index in [9.17, 15) is 8.42 Å². The number of aromatic amines is 1. The van der Waals surface area contributed by atoms with E-state index in [1.54, 1.807) is 13.0 Å². The van der Waals surface area contributed by atoms with Crippen molar-refractivity contribution >= 4 is 21.4 Å². The molecule has 0 aromatic carbocycles. The van der Waals surface area contributed by atoms with Crippen LogP contribution in [0.3, 0.4) is 0 Å². The highest BCUT2D eigenvalue weighted by molar-refractivity contribution is 7.89. The maximum atomic E-state index is 12.3. The predicted octanol–water partition coefficient (Wildman–Crippen LogP) is 0.548. The zero-order valence-corrected chi connectivity index (χ0v) is 13.5. The van der Waals surface area contributed by atoms with Gasteiger partial charge in [0.2, 0.25) is 10.0 Å². The molecular weight excluding hydrogens is 312 g/mol. The number of thiophene rings is 1. The highest BCUT2D eigenvalue weighted by Crippen LogP contribution is 2.25. The van der Waals surface area contributed by atoms with Crippen LogP contribution in [0.1, 0.15) is 28.9 Å². The molecule has 2 rings (SSSR count). The average Bonchev–Trinajstić information content (AvgIpc) is 3.07. The Hall–Kier alpha value is -1.36. The molecule has 0 spiro atoms. The molecule has 0 bridgehead atoms. The van der Waals surface area contributed by atoms with Gasteiger partial charge in [-0.3, -0.25) is 0 Å². The van der Waals surface area contributed by atoms with Crippen molar-refractivity contribution in [2.45, 2.75) is 38.3 Å². The second-order valence-electron chi connectivity index (χ2n) is 4.46. The van der Waals surface area contributed by atoms with Crippen LogP contribution in [0.4, 0.5) is 0 Å². The first-order valence-corrected chi connectivity index (χ1v) is 8.85. The Balaban J connectivity index is 2.05. The van der Waals surface area contributed by atoms with Gasteiger partial charge in [-0.2, -0.15) is 5.21 Å². The molecule has 0 aliphatic rings. The molecule has 3 N–H and O–H groups in total. The molecule has 2 aromatic rings. The molecule has 8 nitrogen and oxygen atoms in total. The standard InChI is InChI=1S/C11H18N6O2S2/c1-3-4-12-6-9-5-10(8(2)20-9)21(18,19)13-7-11-14-16-17-15-11/h5,12-13H,3-4,6-7H2,1-2H3,(H,14,15,16,17). The largest absolute Gasteiger partial charge is 0.312 e. The third-order valence-corrected chi connectivity index (χ3v) is 5.46. The maximum Gasteiger partial charge on any atom is 0.242 e. The van der Waals surface area contributed by atoms with Gasteiger partial charge in [0.1, 0.15) is 0 Å². The van der Waals surface area contributed by atoms with Gasteiger partial charge in [0, 0.05) is 16.3 Å². The molecule has 10 heteroatoms. The molecule has 0 saturated carbocycles. The number of nitrogens with zero attached hydrogens (tertiary/aromatic N) is 3. The lowest BCUT2D eigenvalue weighted by molar-refractivity contribution is 0.579. The van der Waals surface area contributed by atoms with Crippen molar-refractivity contribution in [3.63, 3.8) is 0 Å². The van der Waals surface area contributed by atoms with Gasteiger partial charge in [-0.25, -0.2) is 13.1 Å². The number of nitrogens with one attached hydrogen (secondary N) is 3. The molecule has 2 aromatic heterocycles. The van der Waals surface area contributed by atoms with Crippen LogP contribution in [0.5, 0.6) is 0 Å². The van der Waals surface area contributed by atoms with E-state index >= 15 is 0 Å². The van der Waals surface area contributed by atoms with Crippen molar-refractivity contribution in [3.8, 4) is 0 Å². The zero-order valence-electron chi connectivity index (χ0n) is 11.9. The van der Waals surface area contributed by atoms with Crippen molar-refractivity contribution in [2.75, 3.05) is 6.54 Å². The van der Waals surface area contributed by atoms with Crippen molar-refractivity contribution in [1.29, 1.82) is 0 Å². The lowest BCUT2D eigenvalue weighted by Gasteiger charge is -2.03. The summed E-state index contributed by atoms with van der Waals surface area (Å²) in [5.74, 6) is 0.302. The van der Waals surface area contributed by atoms with Crippen molar-refractivity contribution in [2.24, 2.45) is 0 Å². The molecule has 0 fully saturated rings. The minimum absolute atomic E-state index is 0.0114. The Labute approximate surface area is 127 Å². The molecule has 0 aliphatic carbocycles. The van der Waals surface area contributed by atoms with Crippen molar-refractivity contribution in [1.82, 2.24) is 30.7 Å². The molecule has 0 atom stereocenters. The number of aromatic nitrogens is 4. The van der Waals surface area contributed by atoms with Gasteiger partial charge in [-0.1, -0.05) is 12.1 Å². The summed E-state index contributed by atoms with van der Waals surface area (Å²) in [5, 5.41) is 16.3.